The second-order valence-electron chi connectivity index (χ2n) is 22.2. The van der Waals surface area contributed by atoms with Gasteiger partial charge in [-0.2, -0.15) is 52.7 Å². The van der Waals surface area contributed by atoms with Gasteiger partial charge in [-0.1, -0.05) is 285 Å². The van der Waals surface area contributed by atoms with Gasteiger partial charge in [0.15, 0.2) is 0 Å². The van der Waals surface area contributed by atoms with Gasteiger partial charge in [0.25, 0.3) is 0 Å². The standard InChI is InChI=1S/4C6H14.2C5H9F3.2C5H12.2C4H7F3.2C4H10/c2*1-5-6(2,3)4;2*1-4-5-6(2)3;2*1-3-4(2)5(6,7)8;2*1-4-5(2)3;2*1-2-3-4(5,6)7;2*1-3-4-2/h2*5H2,1-4H3;2*6H,4-5H2,1-3H3;2*4H,3H2,1-2H3;2*5H,4H2,1-3H3;2*2-3H2,1H3;2*3-4H2,1-2H3. The Bertz CT molecular complexity index is 794. The van der Waals surface area contributed by atoms with E-state index in [4.69, 9.17) is 0 Å². The van der Waals surface area contributed by atoms with Gasteiger partial charge in [-0.05, 0) is 60.2 Å². The minimum Gasteiger partial charge on any atom is -0.171 e. The van der Waals surface area contributed by atoms with Crippen LogP contribution in [-0.2, 0) is 0 Å². The number of halogens is 12. The summed E-state index contributed by atoms with van der Waals surface area (Å²) >= 11 is 0. The Kier molecular flexibility index (Phi) is 92.1. The largest absolute Gasteiger partial charge is 0.391 e. The molecule has 0 nitrogen and oxygen atoms in total. The van der Waals surface area contributed by atoms with Crippen LogP contribution in [0.5, 0.6) is 0 Å². The fraction of sp³-hybridized carbons (Fsp3) is 1.00. The minimum atomic E-state index is -3.99. The van der Waals surface area contributed by atoms with Crippen molar-refractivity contribution in [3.8, 4) is 0 Å². The molecule has 0 radical (unpaired) electrons. The highest BCUT2D eigenvalue weighted by Crippen LogP contribution is 2.28. The van der Waals surface area contributed by atoms with Gasteiger partial charge in [-0.3, -0.25) is 0 Å². The Labute approximate surface area is 445 Å². The van der Waals surface area contributed by atoms with Crippen LogP contribution in [0, 0.1) is 46.3 Å². The molecular weight excluding hydrogens is 949 g/mol. The average molecular weight is 1080 g/mol. The van der Waals surface area contributed by atoms with E-state index in [9.17, 15) is 52.7 Å². The number of unbranched alkanes of at least 4 members (excludes halogenated alkanes) is 2. The Hall–Kier alpha value is -0.840. The lowest BCUT2D eigenvalue weighted by molar-refractivity contribution is -0.170. The summed E-state index contributed by atoms with van der Waals surface area (Å²) in [5, 5.41) is 0. The molecule has 0 rings (SSSR count). The number of rotatable bonds is 12. The molecule has 0 fully saturated rings. The zero-order chi connectivity index (χ0) is 61.2. The normalized spacial score (nSPS) is 11.8. The van der Waals surface area contributed by atoms with E-state index in [-0.39, 0.29) is 25.7 Å². The lowest BCUT2D eigenvalue weighted by atomic mass is 9.94. The summed E-state index contributed by atoms with van der Waals surface area (Å²) in [7, 11) is 0. The van der Waals surface area contributed by atoms with Crippen LogP contribution in [0.3, 0.4) is 0 Å². The molecule has 2 atom stereocenters. The average Bonchev–Trinajstić information content (AvgIpc) is 3.23. The third kappa shape index (κ3) is 190. The van der Waals surface area contributed by atoms with Crippen LogP contribution < -0.4 is 0 Å². The van der Waals surface area contributed by atoms with E-state index in [1.165, 1.54) is 119 Å². The van der Waals surface area contributed by atoms with Crippen molar-refractivity contribution < 1.29 is 52.7 Å². The topological polar surface area (TPSA) is 0 Å². The van der Waals surface area contributed by atoms with Gasteiger partial charge in [0.2, 0.25) is 0 Å². The van der Waals surface area contributed by atoms with E-state index >= 15 is 0 Å². The maximum absolute atomic E-state index is 11.4. The molecule has 0 aromatic heterocycles. The van der Waals surface area contributed by atoms with E-state index in [0.717, 1.165) is 23.7 Å². The predicted molar refractivity (Wildman–Crippen MR) is 303 cm³/mol. The monoisotopic (exact) mass is 1080 g/mol. The minimum absolute atomic E-state index is 0.170. The molecule has 0 aromatic rings. The third-order valence-electron chi connectivity index (χ3n) is 9.90. The lowest BCUT2D eigenvalue weighted by Gasteiger charge is -2.12. The van der Waals surface area contributed by atoms with Crippen LogP contribution in [0.15, 0.2) is 0 Å². The van der Waals surface area contributed by atoms with Gasteiger partial charge in [0, 0.05) is 12.8 Å². The van der Waals surface area contributed by atoms with Gasteiger partial charge in [-0.25, -0.2) is 0 Å². The van der Waals surface area contributed by atoms with Crippen LogP contribution in [0.1, 0.15) is 323 Å². The highest BCUT2D eigenvalue weighted by molar-refractivity contribution is 4.59. The van der Waals surface area contributed by atoms with Crippen molar-refractivity contribution in [3.63, 3.8) is 0 Å². The van der Waals surface area contributed by atoms with Crippen molar-refractivity contribution in [3.05, 3.63) is 0 Å². The van der Waals surface area contributed by atoms with Crippen LogP contribution in [0.4, 0.5) is 52.7 Å². The predicted octanol–water partition coefficient (Wildman–Crippen LogP) is 27.4. The van der Waals surface area contributed by atoms with Crippen LogP contribution in [0.25, 0.3) is 0 Å². The molecule has 0 spiro atoms. The van der Waals surface area contributed by atoms with Crippen LogP contribution >= 0.6 is 0 Å². The van der Waals surface area contributed by atoms with E-state index in [1.54, 1.807) is 0 Å². The number of hydrogen-bond donors (Lipinski definition) is 0. The number of hydrogen-bond acceptors (Lipinski definition) is 0. The molecule has 0 N–H and O–H groups in total. The Balaban J connectivity index is -0.0000000548. The fourth-order valence-electron chi connectivity index (χ4n) is 2.18. The summed E-state index contributed by atoms with van der Waals surface area (Å²) in [5.74, 6) is 1.26. The zero-order valence-corrected chi connectivity index (χ0v) is 53.7. The smallest absolute Gasteiger partial charge is 0.171 e. The van der Waals surface area contributed by atoms with Crippen molar-refractivity contribution in [2.45, 2.75) is 348 Å². The molecule has 2 unspecified atom stereocenters. The van der Waals surface area contributed by atoms with Crippen molar-refractivity contribution in [2.75, 3.05) is 0 Å². The summed E-state index contributed by atoms with van der Waals surface area (Å²) in [6.07, 6.45) is -0.650. The van der Waals surface area contributed by atoms with Gasteiger partial charge in [0.1, 0.15) is 0 Å². The Morgan fingerprint density at radius 1 is 0.264 bits per heavy atom. The molecule has 0 aromatic carbocycles. The molecule has 0 amide bonds. The molecule has 0 aliphatic carbocycles. The summed E-state index contributed by atoms with van der Waals surface area (Å²) in [4.78, 5) is 0. The molecular formula is C60H132F12. The third-order valence-corrected chi connectivity index (χ3v) is 9.90. The van der Waals surface area contributed by atoms with Crippen molar-refractivity contribution >= 4 is 0 Å². The van der Waals surface area contributed by atoms with Crippen molar-refractivity contribution in [2.24, 2.45) is 46.3 Å². The SMILES string of the molecule is CCC(C)(C)C.CCC(C)(C)C.CCC(C)C.CCC(C)C.CCC(C)C(F)(F)F.CCC(C)C(F)(F)F.CCCC.CCCC.CCCC(C)C.CCCC(C)C.CCCC(F)(F)F.CCCC(F)(F)F. The molecule has 0 heterocycles. The summed E-state index contributed by atoms with van der Waals surface area (Å²) in [6.45, 7) is 61.8. The second-order valence-corrected chi connectivity index (χ2v) is 22.2. The first-order chi connectivity index (χ1) is 32.1. The molecule has 0 aliphatic rings. The second kappa shape index (κ2) is 66.3. The molecule has 0 aliphatic heterocycles. The van der Waals surface area contributed by atoms with E-state index < -0.39 is 49.4 Å². The summed E-state index contributed by atoms with van der Waals surface area (Å²) in [5.41, 5.74) is 1.08. The summed E-state index contributed by atoms with van der Waals surface area (Å²) in [6, 6.07) is 0. The quantitative estimate of drug-likeness (QED) is 0.171. The van der Waals surface area contributed by atoms with Crippen molar-refractivity contribution in [1.29, 1.82) is 0 Å². The Morgan fingerprint density at radius 2 is 0.431 bits per heavy atom. The molecule has 72 heavy (non-hydrogen) atoms. The van der Waals surface area contributed by atoms with Crippen molar-refractivity contribution in [1.82, 2.24) is 0 Å². The molecule has 0 saturated carbocycles. The highest BCUT2D eigenvalue weighted by atomic mass is 19.4. The molecule has 0 saturated heterocycles. The first kappa shape index (κ1) is 100. The zero-order valence-electron chi connectivity index (χ0n) is 53.7. The van der Waals surface area contributed by atoms with Gasteiger partial charge in [-0.15, -0.1) is 0 Å². The molecule has 456 valence electrons. The first-order valence-corrected chi connectivity index (χ1v) is 28.4. The summed E-state index contributed by atoms with van der Waals surface area (Å²) < 4.78 is 135. The van der Waals surface area contributed by atoms with E-state index in [0.29, 0.717) is 10.8 Å². The first-order valence-electron chi connectivity index (χ1n) is 28.4. The van der Waals surface area contributed by atoms with E-state index in [2.05, 4.69) is 166 Å². The highest BCUT2D eigenvalue weighted by Gasteiger charge is 2.34. The maximum atomic E-state index is 11.4. The lowest BCUT2D eigenvalue weighted by Crippen LogP contribution is -2.18. The Morgan fingerprint density at radius 3 is 0.431 bits per heavy atom. The van der Waals surface area contributed by atoms with Crippen LogP contribution in [-0.4, -0.2) is 24.7 Å². The van der Waals surface area contributed by atoms with Gasteiger partial charge < -0.3 is 0 Å². The maximum Gasteiger partial charge on any atom is 0.391 e. The van der Waals surface area contributed by atoms with Gasteiger partial charge in [0.05, 0.1) is 11.8 Å². The van der Waals surface area contributed by atoms with E-state index in [1.807, 2.05) is 0 Å². The molecule has 12 heteroatoms. The fourth-order valence-corrected chi connectivity index (χ4v) is 2.18. The van der Waals surface area contributed by atoms with Crippen LogP contribution in [0.2, 0.25) is 0 Å². The number of alkyl halides is 12. The molecule has 0 bridgehead atoms. The van der Waals surface area contributed by atoms with Gasteiger partial charge >= 0.3 is 24.7 Å².